The Morgan fingerprint density at radius 1 is 0.955 bits per heavy atom. The fraction of sp³-hybridized carbons (Fsp3) is 0.688. The van der Waals surface area contributed by atoms with Crippen LogP contribution in [0.2, 0.25) is 0 Å². The molecular formula is C16H28Cl3N3. The summed E-state index contributed by atoms with van der Waals surface area (Å²) in [5.41, 5.74) is 1.48. The van der Waals surface area contributed by atoms with Gasteiger partial charge in [0, 0.05) is 18.9 Å². The normalized spacial score (nSPS) is 20.4. The van der Waals surface area contributed by atoms with Crippen molar-refractivity contribution in [1.82, 2.24) is 15.2 Å². The van der Waals surface area contributed by atoms with Crippen molar-refractivity contribution in [2.75, 3.05) is 32.7 Å². The molecule has 1 aromatic heterocycles. The number of pyridine rings is 1. The Morgan fingerprint density at radius 2 is 1.55 bits per heavy atom. The zero-order chi connectivity index (χ0) is 12.9. The molecule has 0 saturated carbocycles. The van der Waals surface area contributed by atoms with Crippen molar-refractivity contribution in [3.05, 3.63) is 30.1 Å². The molecule has 22 heavy (non-hydrogen) atoms. The third kappa shape index (κ3) is 6.21. The Balaban J connectivity index is 0.00000147. The van der Waals surface area contributed by atoms with Gasteiger partial charge in [-0.3, -0.25) is 4.98 Å². The zero-order valence-corrected chi connectivity index (χ0v) is 15.4. The first-order valence-electron chi connectivity index (χ1n) is 7.75. The topological polar surface area (TPSA) is 28.2 Å². The van der Waals surface area contributed by atoms with E-state index in [2.05, 4.69) is 27.3 Å². The third-order valence-corrected chi connectivity index (χ3v) is 4.74. The first kappa shape index (κ1) is 21.9. The first-order chi connectivity index (χ1) is 9.42. The minimum Gasteiger partial charge on any atom is -0.317 e. The number of nitrogens with zero attached hydrogens (tertiary/aromatic N) is 2. The number of rotatable bonds is 3. The van der Waals surface area contributed by atoms with Crippen LogP contribution >= 0.6 is 37.2 Å². The van der Waals surface area contributed by atoms with Gasteiger partial charge < -0.3 is 10.2 Å². The van der Waals surface area contributed by atoms with Crippen LogP contribution in [0, 0.1) is 5.92 Å². The van der Waals surface area contributed by atoms with Crippen LogP contribution < -0.4 is 5.32 Å². The predicted octanol–water partition coefficient (Wildman–Crippen LogP) is 3.53. The molecule has 0 atom stereocenters. The number of halogens is 3. The molecule has 0 spiro atoms. The number of piperidine rings is 2. The van der Waals surface area contributed by atoms with Gasteiger partial charge in [-0.15, -0.1) is 37.2 Å². The number of hydrogen-bond donors (Lipinski definition) is 1. The van der Waals surface area contributed by atoms with E-state index in [-0.39, 0.29) is 37.2 Å². The maximum atomic E-state index is 4.12. The summed E-state index contributed by atoms with van der Waals surface area (Å²) in [6.07, 6.45) is 9.21. The molecule has 1 aromatic rings. The Hall–Kier alpha value is -0.0600. The van der Waals surface area contributed by atoms with Gasteiger partial charge in [-0.2, -0.15) is 0 Å². The highest BCUT2D eigenvalue weighted by Gasteiger charge is 2.23. The van der Waals surface area contributed by atoms with E-state index in [4.69, 9.17) is 0 Å². The van der Waals surface area contributed by atoms with Crippen molar-refractivity contribution in [3.63, 3.8) is 0 Å². The summed E-state index contributed by atoms with van der Waals surface area (Å²) in [6.45, 7) is 6.31. The van der Waals surface area contributed by atoms with Crippen molar-refractivity contribution in [1.29, 1.82) is 0 Å². The zero-order valence-electron chi connectivity index (χ0n) is 12.9. The largest absolute Gasteiger partial charge is 0.317 e. The second-order valence-electron chi connectivity index (χ2n) is 6.05. The lowest BCUT2D eigenvalue weighted by atomic mass is 9.89. The van der Waals surface area contributed by atoms with E-state index in [9.17, 15) is 0 Å². The summed E-state index contributed by atoms with van der Waals surface area (Å²) in [5, 5.41) is 3.46. The van der Waals surface area contributed by atoms with Gasteiger partial charge in [0.05, 0.1) is 0 Å². The molecule has 1 N–H and O–H groups in total. The maximum Gasteiger partial charge on any atom is 0.0270 e. The van der Waals surface area contributed by atoms with Crippen LogP contribution in [0.4, 0.5) is 0 Å². The lowest BCUT2D eigenvalue weighted by Gasteiger charge is -2.35. The highest BCUT2D eigenvalue weighted by Crippen LogP contribution is 2.28. The molecule has 0 aromatic carbocycles. The maximum absolute atomic E-state index is 4.12. The smallest absolute Gasteiger partial charge is 0.0270 e. The van der Waals surface area contributed by atoms with E-state index < -0.39 is 0 Å². The Labute approximate surface area is 152 Å². The first-order valence-corrected chi connectivity index (χ1v) is 7.75. The Kier molecular flexibility index (Phi) is 11.4. The molecule has 6 heteroatoms. The highest BCUT2D eigenvalue weighted by atomic mass is 35.5. The fourth-order valence-electron chi connectivity index (χ4n) is 3.51. The van der Waals surface area contributed by atoms with Crippen molar-refractivity contribution in [2.24, 2.45) is 5.92 Å². The molecule has 0 amide bonds. The van der Waals surface area contributed by atoms with Gasteiger partial charge in [0.25, 0.3) is 0 Å². The highest BCUT2D eigenvalue weighted by molar-refractivity contribution is 5.86. The van der Waals surface area contributed by atoms with Gasteiger partial charge in [0.15, 0.2) is 0 Å². The summed E-state index contributed by atoms with van der Waals surface area (Å²) in [5.74, 6) is 1.69. The van der Waals surface area contributed by atoms with E-state index >= 15 is 0 Å². The van der Waals surface area contributed by atoms with Crippen LogP contribution in [0.25, 0.3) is 0 Å². The van der Waals surface area contributed by atoms with Crippen LogP contribution in [0.3, 0.4) is 0 Å². The number of aromatic nitrogens is 1. The molecule has 3 nitrogen and oxygen atoms in total. The fourth-order valence-corrected chi connectivity index (χ4v) is 3.51. The second kappa shape index (κ2) is 11.5. The van der Waals surface area contributed by atoms with Gasteiger partial charge in [0.1, 0.15) is 0 Å². The molecule has 0 bridgehead atoms. The average molecular weight is 369 g/mol. The van der Waals surface area contributed by atoms with Crippen LogP contribution in [-0.4, -0.2) is 42.6 Å². The van der Waals surface area contributed by atoms with E-state index in [1.807, 2.05) is 12.4 Å². The van der Waals surface area contributed by atoms with Gasteiger partial charge in [0.2, 0.25) is 0 Å². The standard InChI is InChI=1S/C16H25N3.3ClH/c1-7-17-8-2-14(1)13-19-11-5-16(6-12-19)15-3-9-18-10-4-15;;;/h3-4,9-10,14,16-17H,1-2,5-8,11-13H2;3*1H. The molecule has 2 aliphatic rings. The number of nitrogens with one attached hydrogen (secondary N) is 1. The Morgan fingerprint density at radius 3 is 2.14 bits per heavy atom. The number of likely N-dealkylation sites (tertiary alicyclic amines) is 1. The van der Waals surface area contributed by atoms with Gasteiger partial charge in [-0.25, -0.2) is 0 Å². The van der Waals surface area contributed by atoms with Crippen molar-refractivity contribution < 1.29 is 0 Å². The summed E-state index contributed by atoms with van der Waals surface area (Å²) >= 11 is 0. The molecule has 3 rings (SSSR count). The van der Waals surface area contributed by atoms with E-state index in [0.29, 0.717) is 0 Å². The van der Waals surface area contributed by atoms with Gasteiger partial charge >= 0.3 is 0 Å². The summed E-state index contributed by atoms with van der Waals surface area (Å²) < 4.78 is 0. The van der Waals surface area contributed by atoms with Gasteiger partial charge in [-0.1, -0.05) is 0 Å². The SMILES string of the molecule is Cl.Cl.Cl.c1cc(C2CCN(CC3CCNCC3)CC2)ccn1. The third-order valence-electron chi connectivity index (χ3n) is 4.74. The minimum absolute atomic E-state index is 0. The molecule has 0 aliphatic carbocycles. The van der Waals surface area contributed by atoms with Crippen LogP contribution in [0.5, 0.6) is 0 Å². The van der Waals surface area contributed by atoms with Crippen LogP contribution in [0.1, 0.15) is 37.2 Å². The van der Waals surface area contributed by atoms with Crippen molar-refractivity contribution in [3.8, 4) is 0 Å². The van der Waals surface area contributed by atoms with Gasteiger partial charge in [-0.05, 0) is 81.4 Å². The van der Waals surface area contributed by atoms with Crippen molar-refractivity contribution in [2.45, 2.75) is 31.6 Å². The summed E-state index contributed by atoms with van der Waals surface area (Å²) in [7, 11) is 0. The molecular weight excluding hydrogens is 341 g/mol. The van der Waals surface area contributed by atoms with E-state index in [1.165, 1.54) is 64.0 Å². The summed E-state index contributed by atoms with van der Waals surface area (Å²) in [6, 6.07) is 4.38. The van der Waals surface area contributed by atoms with E-state index in [1.54, 1.807) is 0 Å². The quantitative estimate of drug-likeness (QED) is 0.884. The second-order valence-corrected chi connectivity index (χ2v) is 6.05. The molecule has 3 heterocycles. The van der Waals surface area contributed by atoms with Crippen LogP contribution in [-0.2, 0) is 0 Å². The molecule has 128 valence electrons. The summed E-state index contributed by atoms with van der Waals surface area (Å²) in [4.78, 5) is 6.80. The number of hydrogen-bond acceptors (Lipinski definition) is 3. The predicted molar refractivity (Wildman–Crippen MR) is 100.0 cm³/mol. The van der Waals surface area contributed by atoms with Crippen LogP contribution in [0.15, 0.2) is 24.5 Å². The Bertz CT molecular complexity index is 377. The lowest BCUT2D eigenvalue weighted by molar-refractivity contribution is 0.167. The monoisotopic (exact) mass is 367 g/mol. The molecule has 2 aliphatic heterocycles. The average Bonchev–Trinajstić information content (AvgIpc) is 2.50. The lowest BCUT2D eigenvalue weighted by Crippen LogP contribution is -2.39. The molecule has 0 unspecified atom stereocenters. The minimum atomic E-state index is 0. The molecule has 2 fully saturated rings. The molecule has 0 radical (unpaired) electrons. The van der Waals surface area contributed by atoms with Crippen molar-refractivity contribution >= 4 is 37.2 Å². The van der Waals surface area contributed by atoms with E-state index in [0.717, 1.165) is 11.8 Å². The molecule has 2 saturated heterocycles.